The van der Waals surface area contributed by atoms with Crippen molar-refractivity contribution < 1.29 is 42.9 Å². The minimum absolute atomic E-state index is 0.287. The van der Waals surface area contributed by atoms with Gasteiger partial charge in [-0.3, -0.25) is 19.2 Å². The first kappa shape index (κ1) is 24.9. The van der Waals surface area contributed by atoms with Gasteiger partial charge in [-0.25, -0.2) is 0 Å². The maximum absolute atomic E-state index is 11.9. The average Bonchev–Trinajstić information content (AvgIpc) is 2.65. The van der Waals surface area contributed by atoms with Crippen molar-refractivity contribution in [3.8, 4) is 5.75 Å². The Kier molecular flexibility index (Phi) is 9.04. The van der Waals surface area contributed by atoms with E-state index in [2.05, 4.69) is 27.9 Å². The van der Waals surface area contributed by atoms with E-state index in [1.807, 2.05) is 12.1 Å². The summed E-state index contributed by atoms with van der Waals surface area (Å²) in [5, 5.41) is 2.64. The van der Waals surface area contributed by atoms with Gasteiger partial charge in [0.1, 0.15) is 24.5 Å². The topological polar surface area (TPSA) is 126 Å². The molecule has 170 valence electrons. The molecule has 1 heterocycles. The number of benzene rings is 1. The van der Waals surface area contributed by atoms with E-state index in [0.29, 0.717) is 5.75 Å². The minimum atomic E-state index is -1.16. The van der Waals surface area contributed by atoms with Crippen LogP contribution in [-0.2, 0) is 38.1 Å². The SMILES string of the molecule is CC(=O)N[C@@H]1[C@H](Oc2ccc(I)cc2)O[C@H](COC(C)=O)[C@H](OC(C)=O)[C@@H]1OC(C)=O. The summed E-state index contributed by atoms with van der Waals surface area (Å²) in [5.74, 6) is -1.93. The van der Waals surface area contributed by atoms with Crippen molar-refractivity contribution in [3.63, 3.8) is 0 Å². The van der Waals surface area contributed by atoms with E-state index in [1.165, 1.54) is 27.7 Å². The van der Waals surface area contributed by atoms with E-state index in [0.717, 1.165) is 3.57 Å². The Morgan fingerprint density at radius 1 is 0.935 bits per heavy atom. The van der Waals surface area contributed by atoms with Gasteiger partial charge in [0.2, 0.25) is 12.2 Å². The van der Waals surface area contributed by atoms with Crippen molar-refractivity contribution in [2.24, 2.45) is 0 Å². The summed E-state index contributed by atoms with van der Waals surface area (Å²) in [7, 11) is 0. The van der Waals surface area contributed by atoms with Crippen LogP contribution in [0.3, 0.4) is 0 Å². The molecule has 0 radical (unpaired) electrons. The molecule has 0 aliphatic carbocycles. The predicted octanol–water partition coefficient (Wildman–Crippen LogP) is 1.33. The lowest BCUT2D eigenvalue weighted by molar-refractivity contribution is -0.257. The van der Waals surface area contributed by atoms with Gasteiger partial charge in [-0.2, -0.15) is 0 Å². The summed E-state index contributed by atoms with van der Waals surface area (Å²) >= 11 is 2.14. The highest BCUT2D eigenvalue weighted by atomic mass is 127. The number of hydrogen-bond donors (Lipinski definition) is 1. The van der Waals surface area contributed by atoms with Crippen LogP contribution in [0.15, 0.2) is 24.3 Å². The van der Waals surface area contributed by atoms with Gasteiger partial charge in [0.15, 0.2) is 12.2 Å². The zero-order valence-corrected chi connectivity index (χ0v) is 19.6. The fourth-order valence-corrected chi connectivity index (χ4v) is 3.40. The summed E-state index contributed by atoms with van der Waals surface area (Å²) in [5.41, 5.74) is 0. The molecule has 1 fully saturated rings. The highest BCUT2D eigenvalue weighted by Crippen LogP contribution is 2.29. The zero-order valence-electron chi connectivity index (χ0n) is 17.5. The number of halogens is 1. The second-order valence-electron chi connectivity index (χ2n) is 6.79. The molecule has 1 aliphatic heterocycles. The molecular weight excluding hydrogens is 525 g/mol. The van der Waals surface area contributed by atoms with Gasteiger partial charge in [0.05, 0.1) is 0 Å². The first-order chi connectivity index (χ1) is 14.6. The number of amides is 1. The maximum atomic E-state index is 11.9. The number of esters is 3. The number of ether oxygens (including phenoxy) is 5. The van der Waals surface area contributed by atoms with E-state index in [1.54, 1.807) is 12.1 Å². The Balaban J connectivity index is 2.43. The highest BCUT2D eigenvalue weighted by Gasteiger charge is 2.51. The number of rotatable bonds is 7. The number of carbonyl (C=O) groups is 4. The van der Waals surface area contributed by atoms with Crippen LogP contribution in [-0.4, -0.2) is 61.1 Å². The fourth-order valence-electron chi connectivity index (χ4n) is 3.04. The third-order valence-corrected chi connectivity index (χ3v) is 4.86. The predicted molar refractivity (Wildman–Crippen MR) is 114 cm³/mol. The lowest BCUT2D eigenvalue weighted by Crippen LogP contribution is -2.67. The van der Waals surface area contributed by atoms with E-state index < -0.39 is 54.5 Å². The molecule has 0 unspecified atom stereocenters. The highest BCUT2D eigenvalue weighted by molar-refractivity contribution is 14.1. The van der Waals surface area contributed by atoms with Gasteiger partial charge in [-0.05, 0) is 46.9 Å². The van der Waals surface area contributed by atoms with E-state index in [9.17, 15) is 19.2 Å². The lowest BCUT2D eigenvalue weighted by Gasteiger charge is -2.44. The van der Waals surface area contributed by atoms with Crippen LogP contribution in [0.4, 0.5) is 0 Å². The number of carbonyl (C=O) groups excluding carboxylic acids is 4. The third kappa shape index (κ3) is 7.65. The fraction of sp³-hybridized carbons (Fsp3) is 0.500. The monoisotopic (exact) mass is 549 g/mol. The van der Waals surface area contributed by atoms with Gasteiger partial charge >= 0.3 is 17.9 Å². The van der Waals surface area contributed by atoms with Crippen LogP contribution >= 0.6 is 22.6 Å². The number of nitrogens with one attached hydrogen (secondary N) is 1. The first-order valence-corrected chi connectivity index (χ1v) is 10.5. The molecule has 2 rings (SSSR count). The van der Waals surface area contributed by atoms with Crippen molar-refractivity contribution in [2.75, 3.05) is 6.61 Å². The Hall–Kier alpha value is -2.41. The Bertz CT molecular complexity index is 813. The second kappa shape index (κ2) is 11.3. The van der Waals surface area contributed by atoms with E-state index >= 15 is 0 Å². The molecule has 1 amide bonds. The summed E-state index contributed by atoms with van der Waals surface area (Å²) < 4.78 is 28.6. The van der Waals surface area contributed by atoms with Crippen molar-refractivity contribution in [3.05, 3.63) is 27.8 Å². The van der Waals surface area contributed by atoms with Crippen LogP contribution in [0, 0.1) is 3.57 Å². The number of hydrogen-bond acceptors (Lipinski definition) is 9. The van der Waals surface area contributed by atoms with Crippen LogP contribution in [0.25, 0.3) is 0 Å². The van der Waals surface area contributed by atoms with Gasteiger partial charge in [0.25, 0.3) is 0 Å². The molecule has 0 aromatic heterocycles. The molecule has 1 aromatic carbocycles. The molecule has 5 atom stereocenters. The van der Waals surface area contributed by atoms with Crippen molar-refractivity contribution in [2.45, 2.75) is 58.3 Å². The molecular formula is C20H24INO9. The standard InChI is InChI=1S/C20H24INO9/c1-10(23)22-17-19(29-13(4)26)18(28-12(3)25)16(9-27-11(2)24)31-20(17)30-15-7-5-14(21)6-8-15/h5-8,16-20H,9H2,1-4H3,(H,22,23)/t16-,17+,18+,19-,20-/m1/s1. The Morgan fingerprint density at radius 2 is 1.52 bits per heavy atom. The van der Waals surface area contributed by atoms with E-state index in [4.69, 9.17) is 23.7 Å². The molecule has 1 aliphatic rings. The van der Waals surface area contributed by atoms with Crippen LogP contribution < -0.4 is 10.1 Å². The maximum Gasteiger partial charge on any atom is 0.303 e. The van der Waals surface area contributed by atoms with Gasteiger partial charge < -0.3 is 29.0 Å². The van der Waals surface area contributed by atoms with Gasteiger partial charge in [-0.15, -0.1) is 0 Å². The quantitative estimate of drug-likeness (QED) is 0.305. The third-order valence-electron chi connectivity index (χ3n) is 4.14. The summed E-state index contributed by atoms with van der Waals surface area (Å²) in [6, 6.07) is 6.02. The Morgan fingerprint density at radius 3 is 2.03 bits per heavy atom. The molecule has 0 bridgehead atoms. The van der Waals surface area contributed by atoms with Crippen molar-refractivity contribution >= 4 is 46.4 Å². The summed E-state index contributed by atoms with van der Waals surface area (Å²) in [6.07, 6.45) is -4.47. The largest absolute Gasteiger partial charge is 0.463 e. The zero-order chi connectivity index (χ0) is 23.1. The summed E-state index contributed by atoms with van der Waals surface area (Å²) in [4.78, 5) is 46.7. The molecule has 1 saturated heterocycles. The molecule has 1 aromatic rings. The normalized spacial score (nSPS) is 25.1. The van der Waals surface area contributed by atoms with Crippen LogP contribution in [0.1, 0.15) is 27.7 Å². The Labute approximate surface area is 193 Å². The van der Waals surface area contributed by atoms with Crippen molar-refractivity contribution in [1.82, 2.24) is 5.32 Å². The minimum Gasteiger partial charge on any atom is -0.463 e. The van der Waals surface area contributed by atoms with Gasteiger partial charge in [0, 0.05) is 31.3 Å². The molecule has 1 N–H and O–H groups in total. The summed E-state index contributed by atoms with van der Waals surface area (Å²) in [6.45, 7) is 4.56. The second-order valence-corrected chi connectivity index (χ2v) is 8.04. The van der Waals surface area contributed by atoms with Crippen molar-refractivity contribution in [1.29, 1.82) is 0 Å². The van der Waals surface area contributed by atoms with E-state index in [-0.39, 0.29) is 6.61 Å². The molecule has 31 heavy (non-hydrogen) atoms. The van der Waals surface area contributed by atoms with Gasteiger partial charge in [-0.1, -0.05) is 0 Å². The molecule has 10 nitrogen and oxygen atoms in total. The average molecular weight is 549 g/mol. The van der Waals surface area contributed by atoms with Crippen LogP contribution in [0.2, 0.25) is 0 Å². The smallest absolute Gasteiger partial charge is 0.303 e. The molecule has 0 saturated carbocycles. The molecule has 0 spiro atoms. The first-order valence-electron chi connectivity index (χ1n) is 9.39. The lowest BCUT2D eigenvalue weighted by atomic mass is 9.96. The molecule has 11 heteroatoms. The van der Waals surface area contributed by atoms with Crippen LogP contribution in [0.5, 0.6) is 5.75 Å².